The van der Waals surface area contributed by atoms with Crippen LogP contribution in [0.3, 0.4) is 0 Å². The second-order valence-corrected chi connectivity index (χ2v) is 5.74. The number of hydrogen-bond donors (Lipinski definition) is 0. The highest BCUT2D eigenvalue weighted by molar-refractivity contribution is 6.00. The van der Waals surface area contributed by atoms with Gasteiger partial charge in [-0.15, -0.1) is 0 Å². The molecule has 1 radical (unpaired) electrons. The third-order valence-corrected chi connectivity index (χ3v) is 3.95. The number of benzene rings is 3. The lowest BCUT2D eigenvalue weighted by Gasteiger charge is -2.08. The van der Waals surface area contributed by atoms with E-state index in [1.807, 2.05) is 42.5 Å². The minimum absolute atomic E-state index is 0.397. The van der Waals surface area contributed by atoms with Crippen LogP contribution in [0.1, 0.15) is 18.9 Å². The molecule has 26 heavy (non-hydrogen) atoms. The summed E-state index contributed by atoms with van der Waals surface area (Å²) in [7, 11) is 0. The first-order chi connectivity index (χ1) is 12.9. The molecule has 3 rings (SSSR count). The molecule has 0 aliphatic rings. The molecule has 131 valence electrons. The lowest BCUT2D eigenvalue weighted by Crippen LogP contribution is -2.06. The second-order valence-electron chi connectivity index (χ2n) is 5.74. The molecule has 0 N–H and O–H groups in total. The van der Waals surface area contributed by atoms with Crippen molar-refractivity contribution >= 4 is 5.71 Å². The highest BCUT2D eigenvalue weighted by Crippen LogP contribution is 2.20. The summed E-state index contributed by atoms with van der Waals surface area (Å²) in [5.41, 5.74) is 4.40. The summed E-state index contributed by atoms with van der Waals surface area (Å²) in [6.45, 7) is 2.91. The van der Waals surface area contributed by atoms with Gasteiger partial charge in [-0.05, 0) is 29.2 Å². The van der Waals surface area contributed by atoms with Crippen molar-refractivity contribution in [2.24, 2.45) is 5.16 Å². The van der Waals surface area contributed by atoms with Gasteiger partial charge in [0.15, 0.2) is 6.61 Å². The van der Waals surface area contributed by atoms with E-state index in [2.05, 4.69) is 54.5 Å². The molecule has 0 saturated carbocycles. The lowest BCUT2D eigenvalue weighted by molar-refractivity contribution is 0.107. The van der Waals surface area contributed by atoms with Crippen molar-refractivity contribution in [2.45, 2.75) is 13.3 Å². The molecular weight excluding hydrogens is 322 g/mol. The smallest absolute Gasteiger partial charge is 0.151 e. The minimum atomic E-state index is 0.397. The number of rotatable bonds is 8. The molecule has 0 spiro atoms. The third-order valence-electron chi connectivity index (χ3n) is 3.95. The summed E-state index contributed by atoms with van der Waals surface area (Å²) in [6, 6.07) is 29.3. The first kappa shape index (κ1) is 17.7. The summed E-state index contributed by atoms with van der Waals surface area (Å²) in [5, 5.41) is 4.27. The first-order valence-electron chi connectivity index (χ1n) is 8.81. The van der Waals surface area contributed by atoms with Crippen LogP contribution < -0.4 is 4.74 Å². The fourth-order valence-corrected chi connectivity index (χ4v) is 2.59. The molecule has 0 unspecified atom stereocenters. The van der Waals surface area contributed by atoms with E-state index in [9.17, 15) is 0 Å². The van der Waals surface area contributed by atoms with Crippen LogP contribution in [0.2, 0.25) is 0 Å². The van der Waals surface area contributed by atoms with E-state index in [4.69, 9.17) is 9.57 Å². The molecule has 0 fully saturated rings. The summed E-state index contributed by atoms with van der Waals surface area (Å²) in [6.07, 6.45) is 0.804. The minimum Gasteiger partial charge on any atom is -0.489 e. The van der Waals surface area contributed by atoms with Gasteiger partial charge < -0.3 is 9.57 Å². The Morgan fingerprint density at radius 2 is 1.58 bits per heavy atom. The van der Waals surface area contributed by atoms with E-state index in [1.54, 1.807) is 0 Å². The van der Waals surface area contributed by atoms with Crippen molar-refractivity contribution in [3.8, 4) is 16.9 Å². The van der Waals surface area contributed by atoms with Crippen LogP contribution in [0.4, 0.5) is 0 Å². The van der Waals surface area contributed by atoms with Gasteiger partial charge >= 0.3 is 0 Å². The van der Waals surface area contributed by atoms with Crippen LogP contribution in [0.15, 0.2) is 84.0 Å². The zero-order chi connectivity index (χ0) is 18.0. The van der Waals surface area contributed by atoms with E-state index < -0.39 is 0 Å². The molecule has 0 aliphatic heterocycles. The van der Waals surface area contributed by atoms with Crippen molar-refractivity contribution in [3.63, 3.8) is 0 Å². The van der Waals surface area contributed by atoms with Gasteiger partial charge in [0.25, 0.3) is 0 Å². The molecule has 3 heteroatoms. The quantitative estimate of drug-likeness (QED) is 0.313. The normalized spacial score (nSPS) is 11.2. The Morgan fingerprint density at radius 1 is 0.846 bits per heavy atom. The van der Waals surface area contributed by atoms with Crippen LogP contribution in [-0.2, 0) is 4.84 Å². The number of ether oxygens (including phenoxy) is 1. The van der Waals surface area contributed by atoms with E-state index in [0.717, 1.165) is 17.7 Å². The van der Waals surface area contributed by atoms with Gasteiger partial charge in [0.2, 0.25) is 0 Å². The van der Waals surface area contributed by atoms with Crippen LogP contribution >= 0.6 is 0 Å². The summed E-state index contributed by atoms with van der Waals surface area (Å²) in [4.78, 5) is 5.43. The van der Waals surface area contributed by atoms with Crippen molar-refractivity contribution in [1.82, 2.24) is 0 Å². The topological polar surface area (TPSA) is 30.8 Å². The first-order valence-corrected chi connectivity index (χ1v) is 8.81. The zero-order valence-electron chi connectivity index (χ0n) is 14.9. The van der Waals surface area contributed by atoms with Crippen molar-refractivity contribution < 1.29 is 9.57 Å². The molecule has 0 amide bonds. The van der Waals surface area contributed by atoms with Crippen molar-refractivity contribution in [2.75, 3.05) is 13.2 Å². The Kier molecular flexibility index (Phi) is 6.43. The van der Waals surface area contributed by atoms with Crippen LogP contribution in [0.5, 0.6) is 5.75 Å². The number of nitrogens with zero attached hydrogens (tertiary/aromatic N) is 1. The van der Waals surface area contributed by atoms with Gasteiger partial charge in [0, 0.05) is 6.07 Å². The maximum atomic E-state index is 5.54. The SMILES string of the molecule is CC/C(=N\OCCOc1[c]cccc1)c1ccc(-c2ccccc2)cc1. The molecule has 0 atom stereocenters. The fraction of sp³-hybridized carbons (Fsp3) is 0.174. The van der Waals surface area contributed by atoms with Crippen molar-refractivity contribution in [1.29, 1.82) is 0 Å². The predicted octanol–water partition coefficient (Wildman–Crippen LogP) is 5.36. The maximum absolute atomic E-state index is 5.54. The number of hydrogen-bond acceptors (Lipinski definition) is 3. The molecular formula is C23H22NO2. The van der Waals surface area contributed by atoms with E-state index >= 15 is 0 Å². The maximum Gasteiger partial charge on any atom is 0.151 e. The van der Waals surface area contributed by atoms with Crippen molar-refractivity contribution in [3.05, 3.63) is 90.5 Å². The molecule has 0 aromatic heterocycles. The Balaban J connectivity index is 1.55. The van der Waals surface area contributed by atoms with Crippen LogP contribution in [0.25, 0.3) is 11.1 Å². The standard InChI is InChI=1S/C23H22NO2/c1-2-23(24-26-18-17-25-22-11-7-4-8-12-22)21-15-13-20(14-16-21)19-9-5-3-6-10-19/h3-11,13-16H,2,17-18H2,1H3/b24-23+. The third kappa shape index (κ3) is 4.96. The highest BCUT2D eigenvalue weighted by Gasteiger charge is 2.03. The molecule has 0 heterocycles. The average Bonchev–Trinajstić information content (AvgIpc) is 2.72. The van der Waals surface area contributed by atoms with Crippen LogP contribution in [0, 0.1) is 6.07 Å². The molecule has 3 aromatic carbocycles. The van der Waals surface area contributed by atoms with Gasteiger partial charge in [0.1, 0.15) is 12.4 Å². The lowest BCUT2D eigenvalue weighted by atomic mass is 10.0. The van der Waals surface area contributed by atoms with E-state index in [0.29, 0.717) is 19.0 Å². The highest BCUT2D eigenvalue weighted by atomic mass is 16.6. The van der Waals surface area contributed by atoms with Crippen LogP contribution in [-0.4, -0.2) is 18.9 Å². The largest absolute Gasteiger partial charge is 0.489 e. The van der Waals surface area contributed by atoms with E-state index in [1.165, 1.54) is 11.1 Å². The number of oxime groups is 1. The molecule has 3 aromatic rings. The Labute approximate surface area is 154 Å². The fourth-order valence-electron chi connectivity index (χ4n) is 2.59. The molecule has 3 nitrogen and oxygen atoms in total. The molecule has 0 bridgehead atoms. The summed E-state index contributed by atoms with van der Waals surface area (Å²) >= 11 is 0. The second kappa shape index (κ2) is 9.42. The summed E-state index contributed by atoms with van der Waals surface area (Å²) in [5.74, 6) is 0.715. The van der Waals surface area contributed by atoms with E-state index in [-0.39, 0.29) is 0 Å². The van der Waals surface area contributed by atoms with Gasteiger partial charge in [-0.1, -0.05) is 84.9 Å². The van der Waals surface area contributed by atoms with Gasteiger partial charge in [-0.25, -0.2) is 0 Å². The van der Waals surface area contributed by atoms with Gasteiger partial charge in [0.05, 0.1) is 5.71 Å². The number of para-hydroxylation sites is 1. The Morgan fingerprint density at radius 3 is 2.27 bits per heavy atom. The predicted molar refractivity (Wildman–Crippen MR) is 105 cm³/mol. The average molecular weight is 344 g/mol. The molecule has 0 saturated heterocycles. The Hall–Kier alpha value is -3.07. The zero-order valence-corrected chi connectivity index (χ0v) is 14.9. The monoisotopic (exact) mass is 344 g/mol. The van der Waals surface area contributed by atoms with Gasteiger partial charge in [-0.2, -0.15) is 0 Å². The Bertz CT molecular complexity index is 812. The molecule has 0 aliphatic carbocycles. The van der Waals surface area contributed by atoms with Gasteiger partial charge in [-0.3, -0.25) is 0 Å². The summed E-state index contributed by atoms with van der Waals surface area (Å²) < 4.78 is 5.54.